The second kappa shape index (κ2) is 9.57. The molecular weight excluding hydrogens is 246 g/mol. The smallest absolute Gasteiger partial charge is 0.0291 e. The van der Waals surface area contributed by atoms with Crippen LogP contribution in [-0.2, 0) is 0 Å². The fraction of sp³-hybridized carbons (Fsp3) is 1.00. The summed E-state index contributed by atoms with van der Waals surface area (Å²) in [6.07, 6.45) is 5.40. The summed E-state index contributed by atoms with van der Waals surface area (Å²) in [5.74, 6) is 4.92. The van der Waals surface area contributed by atoms with Crippen LogP contribution in [0.3, 0.4) is 0 Å². The summed E-state index contributed by atoms with van der Waals surface area (Å²) in [6, 6.07) is 0.756. The van der Waals surface area contributed by atoms with Gasteiger partial charge in [-0.15, -0.1) is 0 Å². The molecule has 0 amide bonds. The summed E-state index contributed by atoms with van der Waals surface area (Å²) in [6.45, 7) is 8.12. The van der Waals surface area contributed by atoms with Crippen LogP contribution in [0.15, 0.2) is 0 Å². The normalized spacial score (nSPS) is 22.9. The zero-order valence-corrected chi connectivity index (χ0v) is 13.3. The lowest BCUT2D eigenvalue weighted by Gasteiger charge is -2.30. The van der Waals surface area contributed by atoms with E-state index in [0.29, 0.717) is 0 Å². The Bertz CT molecular complexity index is 179. The van der Waals surface area contributed by atoms with E-state index >= 15 is 0 Å². The van der Waals surface area contributed by atoms with Gasteiger partial charge in [-0.1, -0.05) is 33.6 Å². The third kappa shape index (κ3) is 6.97. The van der Waals surface area contributed by atoms with E-state index in [9.17, 15) is 0 Å². The van der Waals surface area contributed by atoms with Crippen LogP contribution in [0.1, 0.15) is 46.5 Å². The third-order valence-corrected chi connectivity index (χ3v) is 6.16. The highest BCUT2D eigenvalue weighted by Crippen LogP contribution is 2.28. The molecule has 2 unspecified atom stereocenters. The Morgan fingerprint density at radius 1 is 1.24 bits per heavy atom. The van der Waals surface area contributed by atoms with Crippen LogP contribution in [0.5, 0.6) is 0 Å². The third-order valence-electron chi connectivity index (χ3n) is 3.24. The Balaban J connectivity index is 2.30. The largest absolute Gasteiger partial charge is 0.313 e. The van der Waals surface area contributed by atoms with Crippen LogP contribution in [0.4, 0.5) is 0 Å². The van der Waals surface area contributed by atoms with E-state index < -0.39 is 0 Å². The van der Waals surface area contributed by atoms with E-state index in [-0.39, 0.29) is 0 Å². The Morgan fingerprint density at radius 2 is 2.06 bits per heavy atom. The molecule has 1 aliphatic rings. The molecule has 0 bridgehead atoms. The average Bonchev–Trinajstić information content (AvgIpc) is 2.34. The summed E-state index contributed by atoms with van der Waals surface area (Å²) in [5.41, 5.74) is 0. The van der Waals surface area contributed by atoms with E-state index in [2.05, 4.69) is 49.6 Å². The summed E-state index contributed by atoms with van der Waals surface area (Å²) in [4.78, 5) is 0. The topological polar surface area (TPSA) is 12.0 Å². The first-order valence-electron chi connectivity index (χ1n) is 7.16. The molecule has 1 nitrogen and oxygen atoms in total. The molecule has 1 rings (SSSR count). The molecule has 0 aromatic rings. The molecule has 1 aliphatic heterocycles. The van der Waals surface area contributed by atoms with E-state index in [4.69, 9.17) is 0 Å². The molecule has 1 fully saturated rings. The molecule has 2 atom stereocenters. The van der Waals surface area contributed by atoms with Crippen molar-refractivity contribution in [2.45, 2.75) is 57.7 Å². The van der Waals surface area contributed by atoms with Crippen molar-refractivity contribution in [3.8, 4) is 0 Å². The second-order valence-corrected chi connectivity index (χ2v) is 7.87. The van der Waals surface area contributed by atoms with Crippen LogP contribution in [-0.4, -0.2) is 35.1 Å². The van der Waals surface area contributed by atoms with Crippen molar-refractivity contribution in [3.05, 3.63) is 0 Å². The summed E-state index contributed by atoms with van der Waals surface area (Å²) >= 11 is 4.34. The van der Waals surface area contributed by atoms with E-state index in [1.54, 1.807) is 0 Å². The molecule has 0 saturated carbocycles. The van der Waals surface area contributed by atoms with Crippen molar-refractivity contribution >= 4 is 23.5 Å². The van der Waals surface area contributed by atoms with Gasteiger partial charge in [0.2, 0.25) is 0 Å². The average molecular weight is 276 g/mol. The SMILES string of the molecule is CCCNC(CCCC(C)C)C1CSCCS1. The monoisotopic (exact) mass is 275 g/mol. The summed E-state index contributed by atoms with van der Waals surface area (Å²) in [7, 11) is 0. The molecule has 0 spiro atoms. The highest BCUT2D eigenvalue weighted by molar-refractivity contribution is 8.06. The lowest BCUT2D eigenvalue weighted by Crippen LogP contribution is -2.41. The maximum absolute atomic E-state index is 3.78. The van der Waals surface area contributed by atoms with Crippen molar-refractivity contribution in [1.82, 2.24) is 5.32 Å². The molecule has 0 aromatic heterocycles. The molecule has 0 aliphatic carbocycles. The zero-order chi connectivity index (χ0) is 12.5. The predicted octanol–water partition coefficient (Wildman–Crippen LogP) is 4.03. The van der Waals surface area contributed by atoms with Gasteiger partial charge in [-0.2, -0.15) is 23.5 Å². The van der Waals surface area contributed by atoms with Gasteiger partial charge in [0, 0.05) is 28.6 Å². The van der Waals surface area contributed by atoms with Gasteiger partial charge in [0.1, 0.15) is 0 Å². The predicted molar refractivity (Wildman–Crippen MR) is 84.3 cm³/mol. The van der Waals surface area contributed by atoms with Crippen molar-refractivity contribution in [2.24, 2.45) is 5.92 Å². The zero-order valence-electron chi connectivity index (χ0n) is 11.7. The Kier molecular flexibility index (Phi) is 8.85. The van der Waals surface area contributed by atoms with E-state index in [1.165, 1.54) is 49.5 Å². The molecule has 1 heterocycles. The minimum atomic E-state index is 0.756. The maximum Gasteiger partial charge on any atom is 0.0291 e. The molecular formula is C14H29NS2. The van der Waals surface area contributed by atoms with Gasteiger partial charge >= 0.3 is 0 Å². The number of nitrogens with one attached hydrogen (secondary N) is 1. The summed E-state index contributed by atoms with van der Waals surface area (Å²) in [5, 5.41) is 4.63. The van der Waals surface area contributed by atoms with Crippen LogP contribution >= 0.6 is 23.5 Å². The van der Waals surface area contributed by atoms with Crippen molar-refractivity contribution in [2.75, 3.05) is 23.8 Å². The molecule has 3 heteroatoms. The first kappa shape index (κ1) is 15.7. The Hall–Kier alpha value is 0.660. The Morgan fingerprint density at radius 3 is 2.65 bits per heavy atom. The fourth-order valence-electron chi connectivity index (χ4n) is 2.23. The lowest BCUT2D eigenvalue weighted by molar-refractivity contribution is 0.435. The fourth-order valence-corrected chi connectivity index (χ4v) is 5.16. The molecule has 1 saturated heterocycles. The first-order chi connectivity index (χ1) is 8.24. The molecule has 1 N–H and O–H groups in total. The van der Waals surface area contributed by atoms with Crippen LogP contribution in [0, 0.1) is 5.92 Å². The number of rotatable bonds is 8. The van der Waals surface area contributed by atoms with Crippen LogP contribution in [0.25, 0.3) is 0 Å². The highest BCUT2D eigenvalue weighted by atomic mass is 32.2. The first-order valence-corrected chi connectivity index (χ1v) is 9.37. The molecule has 17 heavy (non-hydrogen) atoms. The van der Waals surface area contributed by atoms with Crippen molar-refractivity contribution in [3.63, 3.8) is 0 Å². The van der Waals surface area contributed by atoms with Gasteiger partial charge in [-0.25, -0.2) is 0 Å². The van der Waals surface area contributed by atoms with Gasteiger partial charge in [-0.3, -0.25) is 0 Å². The number of hydrogen-bond donors (Lipinski definition) is 1. The minimum absolute atomic E-state index is 0.756. The molecule has 0 radical (unpaired) electrons. The Labute approximate surface area is 116 Å². The quantitative estimate of drug-likeness (QED) is 0.718. The number of thioether (sulfide) groups is 2. The van der Waals surface area contributed by atoms with Gasteiger partial charge < -0.3 is 5.32 Å². The summed E-state index contributed by atoms with van der Waals surface area (Å²) < 4.78 is 0. The van der Waals surface area contributed by atoms with Gasteiger partial charge in [0.25, 0.3) is 0 Å². The lowest BCUT2D eigenvalue weighted by atomic mass is 10.0. The maximum atomic E-state index is 3.78. The van der Waals surface area contributed by atoms with Gasteiger partial charge in [0.15, 0.2) is 0 Å². The standard InChI is InChI=1S/C14H29NS2/c1-4-8-15-13(7-5-6-12(2)3)14-11-16-9-10-17-14/h12-15H,4-11H2,1-3H3. The van der Waals surface area contributed by atoms with Crippen LogP contribution < -0.4 is 5.32 Å². The van der Waals surface area contributed by atoms with E-state index in [1.807, 2.05) is 0 Å². The molecule has 102 valence electrons. The number of hydrogen-bond acceptors (Lipinski definition) is 3. The van der Waals surface area contributed by atoms with E-state index in [0.717, 1.165) is 17.2 Å². The van der Waals surface area contributed by atoms with Crippen LogP contribution in [0.2, 0.25) is 0 Å². The van der Waals surface area contributed by atoms with Gasteiger partial charge in [0.05, 0.1) is 0 Å². The highest BCUT2D eigenvalue weighted by Gasteiger charge is 2.23. The molecule has 0 aromatic carbocycles. The van der Waals surface area contributed by atoms with Crippen molar-refractivity contribution < 1.29 is 0 Å². The minimum Gasteiger partial charge on any atom is -0.313 e. The van der Waals surface area contributed by atoms with Crippen molar-refractivity contribution in [1.29, 1.82) is 0 Å². The van der Waals surface area contributed by atoms with Gasteiger partial charge in [-0.05, 0) is 25.3 Å². The second-order valence-electron chi connectivity index (χ2n) is 5.37.